The molecule has 3 aliphatic heterocycles. The van der Waals surface area contributed by atoms with Gasteiger partial charge in [0, 0.05) is 96.7 Å². The molecule has 16 heteroatoms. The number of aliphatic imine (C=N–C) groups is 2. The topological polar surface area (TPSA) is 180 Å². The van der Waals surface area contributed by atoms with E-state index in [1.807, 2.05) is 54.7 Å². The van der Waals surface area contributed by atoms with E-state index in [1.165, 1.54) is 0 Å². The number of amides is 2. The summed E-state index contributed by atoms with van der Waals surface area (Å²) < 4.78 is 26.0. The van der Waals surface area contributed by atoms with Crippen LogP contribution < -0.4 is 30.4 Å². The molecular formula is C56H58Cl2N8O6. The number of likely N-dealkylation sites (tertiary alicyclic amines) is 2. The van der Waals surface area contributed by atoms with Gasteiger partial charge >= 0.3 is 0 Å². The van der Waals surface area contributed by atoms with Crippen molar-refractivity contribution in [2.45, 2.75) is 91.1 Å². The molecule has 0 unspecified atom stereocenters. The zero-order valence-electron chi connectivity index (χ0n) is 40.7. The number of hydrogen-bond acceptors (Lipinski definition) is 12. The number of aromatic nitrogens is 2. The first-order valence-electron chi connectivity index (χ1n) is 24.2. The van der Waals surface area contributed by atoms with E-state index in [-0.39, 0.29) is 50.3 Å². The Morgan fingerprint density at radius 3 is 1.62 bits per heavy atom. The molecule has 0 radical (unpaired) electrons. The highest BCUT2D eigenvalue weighted by atomic mass is 35.5. The van der Waals surface area contributed by atoms with Gasteiger partial charge in [0.15, 0.2) is 0 Å². The highest BCUT2D eigenvalue weighted by molar-refractivity contribution is 6.32. The van der Waals surface area contributed by atoms with Crippen molar-refractivity contribution < 1.29 is 28.5 Å². The number of carbonyl (C=O) groups excluding carboxylic acids is 2. The van der Waals surface area contributed by atoms with Gasteiger partial charge in [0.2, 0.25) is 11.8 Å². The number of nitrogens with zero attached hydrogens (tertiary/aromatic N) is 6. The number of hydrogen-bond donors (Lipinski definition) is 2. The number of rotatable bonds is 21. The van der Waals surface area contributed by atoms with E-state index in [1.54, 1.807) is 31.9 Å². The fourth-order valence-electron chi connectivity index (χ4n) is 9.65. The van der Waals surface area contributed by atoms with E-state index in [4.69, 9.17) is 53.6 Å². The standard InChI is InChI=1S/C56H58Cl2N8O6/c1-34-39(32-71-53-20-51(69-30-37-16-36(22-61-3)23-62-24-37)42(18-46(53)57)28-65-14-6-12-49(65)55(59)67)8-4-10-44(34)45-11-5-9-40(35(45)2)33-72-54-21-52(70-31-38-17-41(26-63-25-38)48-27-64-48)43(19-47(54)58)29-66-15-7-13-50(66)56(60)68/h4-5,8-11,16-26,49-50H,6-7,12-15,27-33H2,1-3H3,(H2,59,67)(H2,60,68)/t49-,50-/m0/s1. The van der Waals surface area contributed by atoms with Crippen LogP contribution >= 0.6 is 23.2 Å². The number of nitrogens with two attached hydrogens (primary N) is 2. The third kappa shape index (κ3) is 11.9. The molecule has 2 fully saturated rings. The lowest BCUT2D eigenvalue weighted by Crippen LogP contribution is -2.39. The minimum Gasteiger partial charge on any atom is -0.488 e. The quantitative estimate of drug-likeness (QED) is 0.0661. The summed E-state index contributed by atoms with van der Waals surface area (Å²) in [5.41, 5.74) is 24.1. The Labute approximate surface area is 430 Å². The van der Waals surface area contributed by atoms with Crippen LogP contribution in [0, 0.1) is 13.8 Å². The van der Waals surface area contributed by atoms with Crippen molar-refractivity contribution in [1.82, 2.24) is 19.8 Å². The second-order valence-corrected chi connectivity index (χ2v) is 19.3. The summed E-state index contributed by atoms with van der Waals surface area (Å²) in [5.74, 6) is 1.45. The molecule has 0 spiro atoms. The summed E-state index contributed by atoms with van der Waals surface area (Å²) in [6.07, 6.45) is 12.0. The van der Waals surface area contributed by atoms with E-state index in [9.17, 15) is 9.59 Å². The monoisotopic (exact) mass is 1010 g/mol. The van der Waals surface area contributed by atoms with Crippen LogP contribution in [0.4, 0.5) is 0 Å². The molecule has 0 aliphatic carbocycles. The summed E-state index contributed by atoms with van der Waals surface area (Å²) >= 11 is 13.9. The number of halogens is 2. The summed E-state index contributed by atoms with van der Waals surface area (Å²) in [6, 6.07) is 23.1. The van der Waals surface area contributed by atoms with E-state index >= 15 is 0 Å². The predicted molar refractivity (Wildman–Crippen MR) is 280 cm³/mol. The molecule has 2 aromatic heterocycles. The van der Waals surface area contributed by atoms with Gasteiger partial charge in [-0.3, -0.25) is 39.3 Å². The molecule has 5 heterocycles. The molecule has 0 saturated carbocycles. The Morgan fingerprint density at radius 2 is 1.14 bits per heavy atom. The minimum atomic E-state index is -0.357. The van der Waals surface area contributed by atoms with Crippen molar-refractivity contribution in [1.29, 1.82) is 0 Å². The van der Waals surface area contributed by atoms with Gasteiger partial charge in [-0.15, -0.1) is 0 Å². The number of ether oxygens (including phenoxy) is 4. The zero-order chi connectivity index (χ0) is 50.3. The van der Waals surface area contributed by atoms with E-state index in [0.29, 0.717) is 59.0 Å². The molecule has 6 aromatic rings. The van der Waals surface area contributed by atoms with Crippen molar-refractivity contribution in [2.75, 3.05) is 26.7 Å². The number of primary amides is 2. The first-order valence-corrected chi connectivity index (χ1v) is 24.9. The van der Waals surface area contributed by atoms with Gasteiger partial charge in [-0.1, -0.05) is 59.6 Å². The first-order chi connectivity index (χ1) is 34.9. The molecule has 4 aromatic carbocycles. The van der Waals surface area contributed by atoms with Gasteiger partial charge in [0.1, 0.15) is 49.4 Å². The van der Waals surface area contributed by atoms with Crippen molar-refractivity contribution in [2.24, 2.45) is 21.5 Å². The van der Waals surface area contributed by atoms with Gasteiger partial charge in [-0.05, 0) is 110 Å². The second-order valence-electron chi connectivity index (χ2n) is 18.5. The zero-order valence-corrected chi connectivity index (χ0v) is 42.2. The van der Waals surface area contributed by atoms with Gasteiger partial charge in [0.25, 0.3) is 0 Å². The molecule has 0 bridgehead atoms. The maximum absolute atomic E-state index is 12.3. The Bertz CT molecular complexity index is 3060. The summed E-state index contributed by atoms with van der Waals surface area (Å²) in [4.78, 5) is 46.0. The van der Waals surface area contributed by atoms with Crippen LogP contribution in [0.1, 0.15) is 81.3 Å². The maximum atomic E-state index is 12.3. The first kappa shape index (κ1) is 50.1. The average molecular weight is 1010 g/mol. The highest BCUT2D eigenvalue weighted by Gasteiger charge is 2.31. The number of carbonyl (C=O) groups is 2. The van der Waals surface area contributed by atoms with Crippen LogP contribution in [0.3, 0.4) is 0 Å². The Hall–Kier alpha value is -6.84. The summed E-state index contributed by atoms with van der Waals surface area (Å²) in [5, 5.41) is 0.859. The predicted octanol–water partition coefficient (Wildman–Crippen LogP) is 9.13. The molecule has 2 amide bonds. The van der Waals surface area contributed by atoms with Crippen molar-refractivity contribution in [3.8, 4) is 34.1 Å². The molecular weight excluding hydrogens is 952 g/mol. The van der Waals surface area contributed by atoms with Crippen LogP contribution in [0.15, 0.2) is 108 Å². The molecule has 14 nitrogen and oxygen atoms in total. The Morgan fingerprint density at radius 1 is 0.653 bits per heavy atom. The third-order valence-electron chi connectivity index (χ3n) is 13.6. The average Bonchev–Trinajstić information content (AvgIpc) is 3.94. The smallest absolute Gasteiger partial charge is 0.234 e. The molecule has 72 heavy (non-hydrogen) atoms. The van der Waals surface area contributed by atoms with Crippen LogP contribution in [0.5, 0.6) is 23.0 Å². The molecule has 4 N–H and O–H groups in total. The van der Waals surface area contributed by atoms with Crippen LogP contribution in [0.25, 0.3) is 11.1 Å². The summed E-state index contributed by atoms with van der Waals surface area (Å²) in [7, 11) is 1.72. The van der Waals surface area contributed by atoms with Crippen LogP contribution in [0.2, 0.25) is 10.0 Å². The maximum Gasteiger partial charge on any atom is 0.234 e. The highest BCUT2D eigenvalue weighted by Crippen LogP contribution is 2.39. The molecule has 9 rings (SSSR count). The Balaban J connectivity index is 0.922. The fourth-order valence-corrected chi connectivity index (χ4v) is 10.1. The van der Waals surface area contributed by atoms with E-state index in [2.05, 4.69) is 67.9 Å². The van der Waals surface area contributed by atoms with Gasteiger partial charge in [-0.25, -0.2) is 0 Å². The van der Waals surface area contributed by atoms with Crippen molar-refractivity contribution >= 4 is 46.9 Å². The lowest BCUT2D eigenvalue weighted by atomic mass is 9.92. The normalized spacial score (nSPS) is 16.8. The van der Waals surface area contributed by atoms with Crippen molar-refractivity contribution in [3.63, 3.8) is 0 Å². The lowest BCUT2D eigenvalue weighted by Gasteiger charge is -2.24. The summed E-state index contributed by atoms with van der Waals surface area (Å²) in [6.45, 7) is 8.28. The van der Waals surface area contributed by atoms with E-state index < -0.39 is 0 Å². The molecule has 2 saturated heterocycles. The van der Waals surface area contributed by atoms with Crippen molar-refractivity contribution in [3.05, 3.63) is 163 Å². The SMILES string of the molecule is CN=Cc1cncc(COc2cc(OCc3cccc(-c4cccc(COc5cc(OCc6cncc(C7=NC7)c6)c(CN6CCC[C@H]6C(N)=O)cc5Cl)c4C)c3C)c(Cl)cc2CN2CCC[C@H]2C(N)=O)c1. The lowest BCUT2D eigenvalue weighted by molar-refractivity contribution is -0.123. The number of benzene rings is 4. The molecule has 372 valence electrons. The number of pyridine rings is 2. The van der Waals surface area contributed by atoms with Gasteiger partial charge < -0.3 is 30.4 Å². The van der Waals surface area contributed by atoms with Crippen LogP contribution in [-0.2, 0) is 49.1 Å². The fraction of sp³-hybridized carbons (Fsp3) is 0.321. The van der Waals surface area contributed by atoms with Gasteiger partial charge in [-0.2, -0.15) is 0 Å². The third-order valence-corrected chi connectivity index (χ3v) is 14.2. The molecule has 3 aliphatic rings. The minimum absolute atomic E-state index is 0.245. The largest absolute Gasteiger partial charge is 0.488 e. The second kappa shape index (κ2) is 22.7. The van der Waals surface area contributed by atoms with Crippen LogP contribution in [-0.4, -0.2) is 82.3 Å². The Kier molecular flexibility index (Phi) is 15.8. The van der Waals surface area contributed by atoms with Gasteiger partial charge in [0.05, 0.1) is 34.4 Å². The van der Waals surface area contributed by atoms with E-state index in [0.717, 1.165) is 105 Å². The molecule has 2 atom stereocenters.